The van der Waals surface area contributed by atoms with Gasteiger partial charge in [0.05, 0.1) is 22.4 Å². The number of nitrogens with zero attached hydrogens (tertiary/aromatic N) is 4. The molecule has 0 radical (unpaired) electrons. The molecule has 0 spiro atoms. The second-order valence-electron chi connectivity index (χ2n) is 26.2. The van der Waals surface area contributed by atoms with Crippen molar-refractivity contribution in [1.29, 1.82) is 0 Å². The number of aromatic nitrogens is 2. The Balaban J connectivity index is 1.04. The fourth-order valence-electron chi connectivity index (χ4n) is 12.4. The van der Waals surface area contributed by atoms with Gasteiger partial charge in [-0.25, -0.2) is 4.98 Å². The molecule has 1 aliphatic rings. The zero-order valence-electron chi connectivity index (χ0n) is 49.8. The van der Waals surface area contributed by atoms with E-state index in [0.717, 1.165) is 50.8 Å². The van der Waals surface area contributed by atoms with Crippen LogP contribution in [0, 0.1) is 0 Å². The molecule has 3 heterocycles. The Morgan fingerprint density at radius 3 is 1.48 bits per heavy atom. The predicted molar refractivity (Wildman–Crippen MR) is 346 cm³/mol. The normalized spacial score (nSPS) is 13.3. The van der Waals surface area contributed by atoms with Crippen LogP contribution in [0.25, 0.3) is 38.8 Å². The van der Waals surface area contributed by atoms with Crippen molar-refractivity contribution in [3.63, 3.8) is 0 Å². The zero-order chi connectivity index (χ0) is 57.3. The molecule has 5 heteroatoms. The standard InChI is InChI=1S/C77H76N4O/c1-73(2,3)57-40-41-78-72(46-57)81-68-39-36-53(52-26-17-13-18-27-52)42-65(68)64-38-37-62(48-69(64)81)82-63-45-59(74(4,5)6)44-61(47-63)80-51-79(60-35-25-34-58(43-60)75(7,8)54-28-19-14-20-29-54)70-49-66(76(9,10)55-30-21-15-22-31-55)67(50-71(70)80)77(11,12)56-32-23-16-24-33-56/h13-50H,51H2,1-12H3. The average Bonchev–Trinajstić information content (AvgIpc) is 2.52. The molecule has 410 valence electrons. The monoisotopic (exact) mass is 1070 g/mol. The highest BCUT2D eigenvalue weighted by molar-refractivity contribution is 6.10. The van der Waals surface area contributed by atoms with Crippen molar-refractivity contribution in [3.05, 3.63) is 275 Å². The minimum atomic E-state index is -0.355. The molecule has 2 aromatic heterocycles. The number of hydrogen-bond donors (Lipinski definition) is 0. The van der Waals surface area contributed by atoms with Crippen LogP contribution in [0.1, 0.15) is 128 Å². The van der Waals surface area contributed by atoms with Crippen molar-refractivity contribution >= 4 is 44.6 Å². The largest absolute Gasteiger partial charge is 0.457 e. The van der Waals surface area contributed by atoms with E-state index in [9.17, 15) is 0 Å². The van der Waals surface area contributed by atoms with Crippen LogP contribution >= 0.6 is 0 Å². The molecule has 5 nitrogen and oxygen atoms in total. The second kappa shape index (κ2) is 20.4. The van der Waals surface area contributed by atoms with Crippen molar-refractivity contribution in [1.82, 2.24) is 9.55 Å². The van der Waals surface area contributed by atoms with E-state index in [2.05, 4.69) is 322 Å². The highest BCUT2D eigenvalue weighted by Crippen LogP contribution is 2.53. The molecule has 0 bridgehead atoms. The first-order valence-corrected chi connectivity index (χ1v) is 29.1. The van der Waals surface area contributed by atoms with Crippen LogP contribution in [0.4, 0.5) is 22.7 Å². The lowest BCUT2D eigenvalue weighted by atomic mass is 9.68. The van der Waals surface area contributed by atoms with E-state index >= 15 is 0 Å². The van der Waals surface area contributed by atoms with E-state index in [-0.39, 0.29) is 27.1 Å². The summed E-state index contributed by atoms with van der Waals surface area (Å²) in [5, 5.41) is 2.31. The number of ether oxygens (including phenoxy) is 1. The quantitative estimate of drug-likeness (QED) is 0.122. The number of hydrogen-bond acceptors (Lipinski definition) is 4. The lowest BCUT2D eigenvalue weighted by Crippen LogP contribution is -2.28. The van der Waals surface area contributed by atoms with Gasteiger partial charge < -0.3 is 14.5 Å². The van der Waals surface area contributed by atoms with E-state index in [1.807, 2.05) is 6.20 Å². The molecule has 82 heavy (non-hydrogen) atoms. The summed E-state index contributed by atoms with van der Waals surface area (Å²) in [5.74, 6) is 2.41. The van der Waals surface area contributed by atoms with Crippen LogP contribution in [0.2, 0.25) is 0 Å². The molecule has 0 unspecified atom stereocenters. The molecule has 0 saturated heterocycles. The summed E-state index contributed by atoms with van der Waals surface area (Å²) in [7, 11) is 0. The van der Waals surface area contributed by atoms with Gasteiger partial charge in [0.25, 0.3) is 0 Å². The fraction of sp³-hybridized carbons (Fsp3) is 0.234. The van der Waals surface area contributed by atoms with Gasteiger partial charge in [0.15, 0.2) is 0 Å². The summed E-state index contributed by atoms with van der Waals surface area (Å²) < 4.78 is 9.56. The maximum atomic E-state index is 7.25. The molecule has 0 amide bonds. The van der Waals surface area contributed by atoms with Crippen LogP contribution < -0.4 is 14.5 Å². The molecule has 0 atom stereocenters. The van der Waals surface area contributed by atoms with Crippen molar-refractivity contribution in [2.75, 3.05) is 16.5 Å². The molecule has 9 aromatic carbocycles. The van der Waals surface area contributed by atoms with Gasteiger partial charge in [-0.15, -0.1) is 0 Å². The maximum absolute atomic E-state index is 7.25. The number of pyridine rings is 1. The smallest absolute Gasteiger partial charge is 0.137 e. The summed E-state index contributed by atoms with van der Waals surface area (Å²) in [5.41, 5.74) is 17.9. The summed E-state index contributed by atoms with van der Waals surface area (Å²) in [6.45, 7) is 28.5. The van der Waals surface area contributed by atoms with Crippen molar-refractivity contribution in [2.45, 2.75) is 110 Å². The molecule has 0 fully saturated rings. The lowest BCUT2D eigenvalue weighted by molar-refractivity contribution is 0.479. The molecule has 0 N–H and O–H groups in total. The molecule has 0 saturated carbocycles. The number of anilines is 4. The van der Waals surface area contributed by atoms with Crippen LogP contribution in [-0.2, 0) is 27.1 Å². The minimum absolute atomic E-state index is 0.0576. The third-order valence-corrected chi connectivity index (χ3v) is 17.7. The first kappa shape index (κ1) is 53.9. The van der Waals surface area contributed by atoms with Gasteiger partial charge >= 0.3 is 0 Å². The van der Waals surface area contributed by atoms with Crippen LogP contribution in [0.3, 0.4) is 0 Å². The van der Waals surface area contributed by atoms with Gasteiger partial charge in [0, 0.05) is 56.7 Å². The second-order valence-corrected chi connectivity index (χ2v) is 26.2. The van der Waals surface area contributed by atoms with Crippen molar-refractivity contribution in [3.8, 4) is 28.4 Å². The van der Waals surface area contributed by atoms with Gasteiger partial charge in [0.1, 0.15) is 24.0 Å². The average molecular weight is 1070 g/mol. The minimum Gasteiger partial charge on any atom is -0.457 e. The van der Waals surface area contributed by atoms with Crippen molar-refractivity contribution < 1.29 is 4.74 Å². The highest BCUT2D eigenvalue weighted by atomic mass is 16.5. The van der Waals surface area contributed by atoms with Gasteiger partial charge in [0.2, 0.25) is 0 Å². The SMILES string of the molecule is CC(C)(C)c1cc(Oc2ccc3c4cc(-c5ccccc5)ccc4n(-c4cc(C(C)(C)C)ccn4)c3c2)cc(N2CN(c3cccc(C(C)(C)c4ccccc4)c3)c3cc(C(C)(C)c4ccccc4)c(C(C)(C)c4ccccc4)cc32)c1. The van der Waals surface area contributed by atoms with Gasteiger partial charge in [-0.3, -0.25) is 4.57 Å². The Hall–Kier alpha value is -8.67. The maximum Gasteiger partial charge on any atom is 0.137 e. The first-order chi connectivity index (χ1) is 39.2. The number of rotatable bonds is 12. The van der Waals surface area contributed by atoms with Gasteiger partial charge in [-0.05, 0) is 139 Å². The summed E-state index contributed by atoms with van der Waals surface area (Å²) in [6, 6.07) is 82.5. The van der Waals surface area contributed by atoms with Crippen LogP contribution in [0.5, 0.6) is 11.5 Å². The molecular weight excluding hydrogens is 997 g/mol. The Bertz CT molecular complexity index is 4140. The third kappa shape index (κ3) is 9.84. The first-order valence-electron chi connectivity index (χ1n) is 29.1. The molecular formula is C77H76N4O. The van der Waals surface area contributed by atoms with Crippen molar-refractivity contribution in [2.24, 2.45) is 0 Å². The Kier molecular flexibility index (Phi) is 13.4. The number of fused-ring (bicyclic) bond motifs is 4. The lowest BCUT2D eigenvalue weighted by Gasteiger charge is -2.37. The molecule has 11 aromatic rings. The van der Waals surface area contributed by atoms with E-state index < -0.39 is 0 Å². The predicted octanol–water partition coefficient (Wildman–Crippen LogP) is 20.5. The third-order valence-electron chi connectivity index (χ3n) is 17.7. The van der Waals surface area contributed by atoms with Gasteiger partial charge in [-0.2, -0.15) is 0 Å². The summed E-state index contributed by atoms with van der Waals surface area (Å²) >= 11 is 0. The van der Waals surface area contributed by atoms with E-state index in [0.29, 0.717) is 6.67 Å². The zero-order valence-corrected chi connectivity index (χ0v) is 49.8. The highest BCUT2D eigenvalue weighted by Gasteiger charge is 2.39. The number of benzene rings is 9. The Labute approximate surface area is 486 Å². The van der Waals surface area contributed by atoms with Crippen LogP contribution in [0.15, 0.2) is 231 Å². The molecule has 12 rings (SSSR count). The topological polar surface area (TPSA) is 33.5 Å². The summed E-state index contributed by atoms with van der Waals surface area (Å²) in [4.78, 5) is 10.1. The summed E-state index contributed by atoms with van der Waals surface area (Å²) in [6.07, 6.45) is 1.95. The Morgan fingerprint density at radius 2 is 0.890 bits per heavy atom. The Morgan fingerprint density at radius 1 is 0.354 bits per heavy atom. The van der Waals surface area contributed by atoms with Gasteiger partial charge in [-0.1, -0.05) is 223 Å². The van der Waals surface area contributed by atoms with E-state index in [4.69, 9.17) is 9.72 Å². The van der Waals surface area contributed by atoms with E-state index in [1.165, 1.54) is 66.7 Å². The van der Waals surface area contributed by atoms with Crippen LogP contribution in [-0.4, -0.2) is 16.2 Å². The molecule has 0 aliphatic carbocycles. The fourth-order valence-corrected chi connectivity index (χ4v) is 12.4. The molecule has 1 aliphatic heterocycles. The van der Waals surface area contributed by atoms with E-state index in [1.54, 1.807) is 0 Å².